The highest BCUT2D eigenvalue weighted by Gasteiger charge is 2.10. The summed E-state index contributed by atoms with van der Waals surface area (Å²) < 4.78 is 5.35. The number of nitrogens with zero attached hydrogens (tertiary/aromatic N) is 1. The number of rotatable bonds is 3. The Bertz CT molecular complexity index is 513. The van der Waals surface area contributed by atoms with Crippen molar-refractivity contribution in [3.8, 4) is 10.9 Å². The maximum Gasteiger partial charge on any atom is 0.337 e. The van der Waals surface area contributed by atoms with Gasteiger partial charge in [-0.25, -0.2) is 9.78 Å². The summed E-state index contributed by atoms with van der Waals surface area (Å²) in [6.45, 7) is 0. The summed E-state index contributed by atoms with van der Waals surface area (Å²) in [6, 6.07) is 4.44. The van der Waals surface area contributed by atoms with Crippen molar-refractivity contribution in [2.45, 2.75) is 0 Å². The normalized spacial score (nSPS) is 10.1. The van der Waals surface area contributed by atoms with Crippen molar-refractivity contribution in [2.75, 3.05) is 0 Å². The zero-order valence-corrected chi connectivity index (χ0v) is 9.46. The Kier molecular flexibility index (Phi) is 3.07. The zero-order valence-electron chi connectivity index (χ0n) is 7.88. The van der Waals surface area contributed by atoms with E-state index in [4.69, 9.17) is 21.4 Å². The Morgan fingerprint density at radius 2 is 2.31 bits per heavy atom. The molecule has 1 heterocycles. The molecule has 6 heteroatoms. The molecule has 0 unspecified atom stereocenters. The molecule has 82 valence electrons. The minimum absolute atomic E-state index is 0.00993. The Hall–Kier alpha value is -1.59. The van der Waals surface area contributed by atoms with Gasteiger partial charge in [0.2, 0.25) is 0 Å². The summed E-state index contributed by atoms with van der Waals surface area (Å²) in [4.78, 5) is 14.7. The van der Waals surface area contributed by atoms with Crippen LogP contribution in [-0.2, 0) is 0 Å². The van der Waals surface area contributed by atoms with Gasteiger partial charge in [-0.1, -0.05) is 22.9 Å². The predicted octanol–water partition coefficient (Wildman–Crippen LogP) is 3.29. The predicted molar refractivity (Wildman–Crippen MR) is 60.6 cm³/mol. The van der Waals surface area contributed by atoms with E-state index in [1.165, 1.54) is 23.5 Å². The van der Waals surface area contributed by atoms with E-state index in [1.807, 2.05) is 0 Å². The van der Waals surface area contributed by atoms with Gasteiger partial charge in [0, 0.05) is 11.6 Å². The van der Waals surface area contributed by atoms with Crippen molar-refractivity contribution in [2.24, 2.45) is 0 Å². The fourth-order valence-electron chi connectivity index (χ4n) is 1.09. The molecule has 0 radical (unpaired) electrons. The molecule has 2 aromatic rings. The van der Waals surface area contributed by atoms with Gasteiger partial charge in [0.05, 0.1) is 10.6 Å². The minimum atomic E-state index is -1.09. The van der Waals surface area contributed by atoms with Crippen LogP contribution in [0.4, 0.5) is 0 Å². The molecule has 2 rings (SSSR count). The number of ether oxygens (including phenoxy) is 1. The van der Waals surface area contributed by atoms with Crippen LogP contribution in [0.5, 0.6) is 10.9 Å². The van der Waals surface area contributed by atoms with Crippen molar-refractivity contribution < 1.29 is 14.6 Å². The molecule has 16 heavy (non-hydrogen) atoms. The van der Waals surface area contributed by atoms with Crippen molar-refractivity contribution in [3.05, 3.63) is 40.4 Å². The molecule has 1 N–H and O–H groups in total. The number of hydrogen-bond acceptors (Lipinski definition) is 4. The number of thiazole rings is 1. The number of carbonyl (C=O) groups is 1. The highest BCUT2D eigenvalue weighted by Crippen LogP contribution is 2.27. The van der Waals surface area contributed by atoms with E-state index in [0.717, 1.165) is 0 Å². The van der Waals surface area contributed by atoms with Crippen molar-refractivity contribution in [3.63, 3.8) is 0 Å². The molecule has 0 aliphatic carbocycles. The Balaban J connectivity index is 2.29. The summed E-state index contributed by atoms with van der Waals surface area (Å²) in [5.41, 5.74) is 0.00993. The van der Waals surface area contributed by atoms with Gasteiger partial charge in [-0.05, 0) is 18.2 Å². The third kappa shape index (κ3) is 2.32. The van der Waals surface area contributed by atoms with Gasteiger partial charge in [0.1, 0.15) is 5.75 Å². The van der Waals surface area contributed by atoms with Crippen molar-refractivity contribution in [1.82, 2.24) is 4.98 Å². The molecule has 0 aliphatic heterocycles. The van der Waals surface area contributed by atoms with E-state index in [1.54, 1.807) is 17.6 Å². The van der Waals surface area contributed by atoms with E-state index < -0.39 is 5.97 Å². The SMILES string of the molecule is O=C(O)c1cc(Oc2nccs2)ccc1Cl. The summed E-state index contributed by atoms with van der Waals surface area (Å²) >= 11 is 7.05. The van der Waals surface area contributed by atoms with E-state index in [2.05, 4.69) is 4.98 Å². The lowest BCUT2D eigenvalue weighted by atomic mass is 10.2. The van der Waals surface area contributed by atoms with Gasteiger partial charge >= 0.3 is 5.97 Å². The fraction of sp³-hybridized carbons (Fsp3) is 0. The number of hydrogen-bond donors (Lipinski definition) is 1. The fourth-order valence-corrected chi connectivity index (χ4v) is 1.80. The monoisotopic (exact) mass is 255 g/mol. The summed E-state index contributed by atoms with van der Waals surface area (Å²) in [5, 5.41) is 11.3. The van der Waals surface area contributed by atoms with Crippen LogP contribution in [0.25, 0.3) is 0 Å². The second-order valence-corrected chi connectivity index (χ2v) is 4.11. The topological polar surface area (TPSA) is 59.4 Å². The van der Waals surface area contributed by atoms with Crippen LogP contribution in [0.15, 0.2) is 29.8 Å². The van der Waals surface area contributed by atoms with E-state index in [-0.39, 0.29) is 10.6 Å². The molecule has 0 aliphatic rings. The smallest absolute Gasteiger partial charge is 0.337 e. The lowest BCUT2D eigenvalue weighted by molar-refractivity contribution is 0.0696. The van der Waals surface area contributed by atoms with Gasteiger partial charge in [-0.3, -0.25) is 0 Å². The first-order valence-corrected chi connectivity index (χ1v) is 5.53. The molecule has 0 spiro atoms. The molecule has 0 saturated heterocycles. The van der Waals surface area contributed by atoms with Crippen LogP contribution in [-0.4, -0.2) is 16.1 Å². The van der Waals surface area contributed by atoms with Crippen LogP contribution in [0, 0.1) is 0 Å². The first kappa shape index (κ1) is 10.9. The molecule has 0 amide bonds. The standard InChI is InChI=1S/C10H6ClNO3S/c11-8-2-1-6(5-7(8)9(13)14)15-10-12-3-4-16-10/h1-5H,(H,13,14). The van der Waals surface area contributed by atoms with Gasteiger partial charge in [-0.2, -0.15) is 0 Å². The Morgan fingerprint density at radius 1 is 1.50 bits per heavy atom. The Morgan fingerprint density at radius 3 is 2.94 bits per heavy atom. The quantitative estimate of drug-likeness (QED) is 0.914. The average Bonchev–Trinajstić information content (AvgIpc) is 2.73. The molecule has 0 bridgehead atoms. The van der Waals surface area contributed by atoms with Crippen LogP contribution >= 0.6 is 22.9 Å². The van der Waals surface area contributed by atoms with E-state index in [9.17, 15) is 4.79 Å². The maximum atomic E-state index is 10.8. The van der Waals surface area contributed by atoms with Gasteiger partial charge in [0.25, 0.3) is 5.19 Å². The third-order valence-electron chi connectivity index (χ3n) is 1.78. The Labute approximate surface area is 100 Å². The number of aromatic carboxylic acids is 1. The summed E-state index contributed by atoms with van der Waals surface area (Å²) in [7, 11) is 0. The van der Waals surface area contributed by atoms with Crippen LogP contribution in [0.1, 0.15) is 10.4 Å². The molecule has 0 saturated carbocycles. The van der Waals surface area contributed by atoms with E-state index in [0.29, 0.717) is 10.9 Å². The third-order valence-corrected chi connectivity index (χ3v) is 2.76. The second-order valence-electron chi connectivity index (χ2n) is 2.85. The number of carboxylic acids is 1. The van der Waals surface area contributed by atoms with Crippen LogP contribution in [0.3, 0.4) is 0 Å². The largest absolute Gasteiger partial charge is 0.478 e. The van der Waals surface area contributed by atoms with Crippen molar-refractivity contribution in [1.29, 1.82) is 0 Å². The summed E-state index contributed by atoms with van der Waals surface area (Å²) in [5.74, 6) is -0.689. The first-order valence-electron chi connectivity index (χ1n) is 4.27. The highest BCUT2D eigenvalue weighted by atomic mass is 35.5. The van der Waals surface area contributed by atoms with Crippen molar-refractivity contribution >= 4 is 28.9 Å². The number of aromatic nitrogens is 1. The van der Waals surface area contributed by atoms with Crippen LogP contribution in [0.2, 0.25) is 5.02 Å². The van der Waals surface area contributed by atoms with E-state index >= 15 is 0 Å². The molecule has 0 fully saturated rings. The number of carboxylic acid groups (broad SMARTS) is 1. The first-order chi connectivity index (χ1) is 7.66. The van der Waals surface area contributed by atoms with Gasteiger partial charge in [0.15, 0.2) is 0 Å². The molecular formula is C10H6ClNO3S. The molecular weight excluding hydrogens is 250 g/mol. The summed E-state index contributed by atoms with van der Waals surface area (Å²) in [6.07, 6.45) is 1.61. The highest BCUT2D eigenvalue weighted by molar-refractivity contribution is 7.11. The van der Waals surface area contributed by atoms with Crippen LogP contribution < -0.4 is 4.74 Å². The molecule has 1 aromatic heterocycles. The molecule has 1 aromatic carbocycles. The lowest BCUT2D eigenvalue weighted by Gasteiger charge is -2.04. The van der Waals surface area contributed by atoms with Gasteiger partial charge in [-0.15, -0.1) is 0 Å². The second kappa shape index (κ2) is 4.51. The average molecular weight is 256 g/mol. The number of benzene rings is 1. The lowest BCUT2D eigenvalue weighted by Crippen LogP contribution is -1.97. The number of halogens is 1. The molecule has 0 atom stereocenters. The van der Waals surface area contributed by atoms with Gasteiger partial charge < -0.3 is 9.84 Å². The minimum Gasteiger partial charge on any atom is -0.478 e. The zero-order chi connectivity index (χ0) is 11.5. The maximum absolute atomic E-state index is 10.8. The molecule has 4 nitrogen and oxygen atoms in total.